The Kier molecular flexibility index (Phi) is 3.91. The predicted octanol–water partition coefficient (Wildman–Crippen LogP) is 3.15. The van der Waals surface area contributed by atoms with Crippen molar-refractivity contribution in [2.75, 3.05) is 6.61 Å². The minimum atomic E-state index is -0.258. The molecule has 3 heteroatoms. The Labute approximate surface area is 109 Å². The lowest BCUT2D eigenvalue weighted by Gasteiger charge is -2.07. The molecule has 1 fully saturated rings. The van der Waals surface area contributed by atoms with Crippen molar-refractivity contribution in [3.8, 4) is 0 Å². The topological polar surface area (TPSA) is 38.8 Å². The number of esters is 1. The van der Waals surface area contributed by atoms with Gasteiger partial charge in [0.05, 0.1) is 6.10 Å². The highest BCUT2D eigenvalue weighted by Crippen LogP contribution is 2.40. The SMILES string of the molecule is C/C1=C\C(=O)OCC2(C)OC2CC/C(C)=C/CC1. The number of epoxide rings is 1. The van der Waals surface area contributed by atoms with Gasteiger partial charge in [0.2, 0.25) is 0 Å². The van der Waals surface area contributed by atoms with Crippen LogP contribution in [-0.4, -0.2) is 24.3 Å². The number of rotatable bonds is 0. The van der Waals surface area contributed by atoms with Crippen molar-refractivity contribution in [3.05, 3.63) is 23.3 Å². The number of fused-ring (bicyclic) bond motifs is 1. The Morgan fingerprint density at radius 1 is 1.28 bits per heavy atom. The Morgan fingerprint density at radius 2 is 2.06 bits per heavy atom. The van der Waals surface area contributed by atoms with Crippen molar-refractivity contribution in [1.82, 2.24) is 0 Å². The summed E-state index contributed by atoms with van der Waals surface area (Å²) in [5.74, 6) is -0.247. The lowest BCUT2D eigenvalue weighted by molar-refractivity contribution is -0.139. The van der Waals surface area contributed by atoms with Crippen LogP contribution in [0.3, 0.4) is 0 Å². The maximum Gasteiger partial charge on any atom is 0.330 e. The minimum absolute atomic E-state index is 0.236. The maximum absolute atomic E-state index is 11.6. The van der Waals surface area contributed by atoms with E-state index in [2.05, 4.69) is 13.0 Å². The quantitative estimate of drug-likeness (QED) is 0.376. The number of carbonyl (C=O) groups is 1. The molecule has 2 aliphatic rings. The van der Waals surface area contributed by atoms with E-state index >= 15 is 0 Å². The molecule has 2 rings (SSSR count). The van der Waals surface area contributed by atoms with Gasteiger partial charge in [0.1, 0.15) is 12.2 Å². The van der Waals surface area contributed by atoms with Gasteiger partial charge in [-0.25, -0.2) is 4.79 Å². The Balaban J connectivity index is 2.04. The molecule has 0 aromatic carbocycles. The molecule has 1 saturated heterocycles. The highest BCUT2D eigenvalue weighted by atomic mass is 16.6. The fraction of sp³-hybridized carbons (Fsp3) is 0.667. The molecule has 0 saturated carbocycles. The van der Waals surface area contributed by atoms with Crippen LogP contribution in [0.5, 0.6) is 0 Å². The van der Waals surface area contributed by atoms with E-state index in [1.165, 1.54) is 5.57 Å². The third-order valence-electron chi connectivity index (χ3n) is 3.73. The average Bonchev–Trinajstić information content (AvgIpc) is 2.95. The van der Waals surface area contributed by atoms with Gasteiger partial charge in [0.15, 0.2) is 0 Å². The summed E-state index contributed by atoms with van der Waals surface area (Å²) < 4.78 is 10.9. The molecule has 2 heterocycles. The third kappa shape index (κ3) is 3.45. The van der Waals surface area contributed by atoms with Crippen LogP contribution in [0.2, 0.25) is 0 Å². The molecule has 0 N–H and O–H groups in total. The molecular formula is C15H22O3. The third-order valence-corrected chi connectivity index (χ3v) is 3.73. The number of ether oxygens (including phenoxy) is 2. The Morgan fingerprint density at radius 3 is 2.83 bits per heavy atom. The number of hydrogen-bond donors (Lipinski definition) is 0. The van der Waals surface area contributed by atoms with Crippen molar-refractivity contribution in [2.24, 2.45) is 0 Å². The summed E-state index contributed by atoms with van der Waals surface area (Å²) in [6, 6.07) is 0. The van der Waals surface area contributed by atoms with Crippen LogP contribution in [0.15, 0.2) is 23.3 Å². The van der Waals surface area contributed by atoms with Gasteiger partial charge in [-0.3, -0.25) is 0 Å². The van der Waals surface area contributed by atoms with Crippen LogP contribution in [0.1, 0.15) is 46.5 Å². The van der Waals surface area contributed by atoms with E-state index in [-0.39, 0.29) is 17.7 Å². The molecule has 0 bridgehead atoms. The number of carbonyl (C=O) groups excluding carboxylic acids is 1. The monoisotopic (exact) mass is 250 g/mol. The van der Waals surface area contributed by atoms with Gasteiger partial charge in [-0.1, -0.05) is 17.2 Å². The molecule has 18 heavy (non-hydrogen) atoms. The van der Waals surface area contributed by atoms with E-state index in [0.29, 0.717) is 6.61 Å². The van der Waals surface area contributed by atoms with Gasteiger partial charge in [0.25, 0.3) is 0 Å². The average molecular weight is 250 g/mol. The second-order valence-electron chi connectivity index (χ2n) is 5.65. The normalized spacial score (nSPS) is 39.7. The first-order chi connectivity index (χ1) is 8.49. The number of allylic oxidation sites excluding steroid dienone is 3. The summed E-state index contributed by atoms with van der Waals surface area (Å²) in [5.41, 5.74) is 2.22. The summed E-state index contributed by atoms with van der Waals surface area (Å²) in [6.07, 6.45) is 8.09. The lowest BCUT2D eigenvalue weighted by Crippen LogP contribution is -2.20. The first-order valence-corrected chi connectivity index (χ1v) is 6.67. The molecule has 3 nitrogen and oxygen atoms in total. The zero-order valence-corrected chi connectivity index (χ0v) is 11.5. The summed E-state index contributed by atoms with van der Waals surface area (Å²) >= 11 is 0. The summed E-state index contributed by atoms with van der Waals surface area (Å²) in [4.78, 5) is 11.6. The molecule has 2 aliphatic heterocycles. The van der Waals surface area contributed by atoms with Crippen LogP contribution < -0.4 is 0 Å². The molecule has 0 aromatic rings. The largest absolute Gasteiger partial charge is 0.459 e. The molecule has 0 aromatic heterocycles. The van der Waals surface area contributed by atoms with E-state index in [1.807, 2.05) is 13.8 Å². The molecule has 0 aliphatic carbocycles. The molecule has 2 unspecified atom stereocenters. The molecule has 2 atom stereocenters. The van der Waals surface area contributed by atoms with Gasteiger partial charge < -0.3 is 9.47 Å². The predicted molar refractivity (Wildman–Crippen MR) is 70.2 cm³/mol. The van der Waals surface area contributed by atoms with Crippen LogP contribution in [-0.2, 0) is 14.3 Å². The van der Waals surface area contributed by atoms with Gasteiger partial charge in [-0.2, -0.15) is 0 Å². The van der Waals surface area contributed by atoms with Crippen molar-refractivity contribution in [3.63, 3.8) is 0 Å². The molecule has 0 spiro atoms. The van der Waals surface area contributed by atoms with Gasteiger partial charge in [0, 0.05) is 6.08 Å². The second kappa shape index (κ2) is 5.27. The smallest absolute Gasteiger partial charge is 0.330 e. The standard InChI is InChI=1S/C15H22O3/c1-11-5-4-6-12(2)9-14(16)17-10-15(3)13(18-15)8-7-11/h5,9,13H,4,6-8,10H2,1-3H3/b11-5+,12-9+. The van der Waals surface area contributed by atoms with Crippen LogP contribution in [0.25, 0.3) is 0 Å². The molecule has 0 radical (unpaired) electrons. The van der Waals surface area contributed by atoms with Gasteiger partial charge >= 0.3 is 5.97 Å². The fourth-order valence-corrected chi connectivity index (χ4v) is 2.32. The van der Waals surface area contributed by atoms with E-state index < -0.39 is 0 Å². The zero-order valence-electron chi connectivity index (χ0n) is 11.5. The first kappa shape index (κ1) is 13.3. The Hall–Kier alpha value is -1.09. The number of hydrogen-bond acceptors (Lipinski definition) is 3. The fourth-order valence-electron chi connectivity index (χ4n) is 2.32. The van der Waals surface area contributed by atoms with Crippen LogP contribution in [0, 0.1) is 0 Å². The van der Waals surface area contributed by atoms with Crippen LogP contribution >= 0.6 is 0 Å². The summed E-state index contributed by atoms with van der Waals surface area (Å²) in [5, 5.41) is 0. The van der Waals surface area contributed by atoms with Gasteiger partial charge in [-0.15, -0.1) is 0 Å². The van der Waals surface area contributed by atoms with Crippen molar-refractivity contribution < 1.29 is 14.3 Å². The van der Waals surface area contributed by atoms with E-state index in [4.69, 9.17) is 9.47 Å². The lowest BCUT2D eigenvalue weighted by atomic mass is 10.0. The van der Waals surface area contributed by atoms with Gasteiger partial charge in [-0.05, 0) is 46.5 Å². The molecule has 100 valence electrons. The maximum atomic E-state index is 11.6. The van der Waals surface area contributed by atoms with Crippen molar-refractivity contribution >= 4 is 5.97 Å². The summed E-state index contributed by atoms with van der Waals surface area (Å²) in [7, 11) is 0. The summed E-state index contributed by atoms with van der Waals surface area (Å²) in [6.45, 7) is 6.52. The minimum Gasteiger partial charge on any atom is -0.459 e. The highest BCUT2D eigenvalue weighted by Gasteiger charge is 2.52. The second-order valence-corrected chi connectivity index (χ2v) is 5.65. The first-order valence-electron chi connectivity index (χ1n) is 6.67. The van der Waals surface area contributed by atoms with Crippen molar-refractivity contribution in [1.29, 1.82) is 0 Å². The van der Waals surface area contributed by atoms with E-state index in [1.54, 1.807) is 6.08 Å². The van der Waals surface area contributed by atoms with E-state index in [0.717, 1.165) is 31.3 Å². The van der Waals surface area contributed by atoms with Crippen LogP contribution in [0.4, 0.5) is 0 Å². The zero-order chi connectivity index (χ0) is 13.2. The Bertz CT molecular complexity index is 395. The molecule has 0 amide bonds. The highest BCUT2D eigenvalue weighted by molar-refractivity contribution is 5.82. The molecular weight excluding hydrogens is 228 g/mol. The van der Waals surface area contributed by atoms with E-state index in [9.17, 15) is 4.79 Å². The number of cyclic esters (lactones) is 1. The van der Waals surface area contributed by atoms with Crippen molar-refractivity contribution in [2.45, 2.75) is 58.2 Å².